The molecule has 3 atom stereocenters. The van der Waals surface area contributed by atoms with Gasteiger partial charge in [0.1, 0.15) is 0 Å². The van der Waals surface area contributed by atoms with Crippen molar-refractivity contribution in [1.29, 1.82) is 0 Å². The second-order valence-corrected chi connectivity index (χ2v) is 3.87. The molecule has 2 N–H and O–H groups in total. The van der Waals surface area contributed by atoms with Gasteiger partial charge in [0.2, 0.25) is 0 Å². The first-order valence-corrected chi connectivity index (χ1v) is 4.72. The molecule has 12 heavy (non-hydrogen) atoms. The Kier molecular flexibility index (Phi) is 3.50. The maximum Gasteiger partial charge on any atom is 0.0938 e. The summed E-state index contributed by atoms with van der Waals surface area (Å²) in [5.41, 5.74) is 0. The Labute approximate surface area is 74.0 Å². The summed E-state index contributed by atoms with van der Waals surface area (Å²) in [5.74, 6) is 0.655. The van der Waals surface area contributed by atoms with E-state index >= 15 is 0 Å². The standard InChI is InChI=1S/C9H19NO2/c1-3-7(2)4-10-5-8(11)9(12)6-10/h7-9,11-12H,3-6H2,1-2H3/t7?,8-,9+. The Morgan fingerprint density at radius 1 is 1.33 bits per heavy atom. The van der Waals surface area contributed by atoms with Gasteiger partial charge in [0.05, 0.1) is 12.2 Å². The van der Waals surface area contributed by atoms with Crippen LogP contribution in [0, 0.1) is 5.92 Å². The van der Waals surface area contributed by atoms with E-state index in [1.54, 1.807) is 0 Å². The van der Waals surface area contributed by atoms with Crippen LogP contribution in [-0.2, 0) is 0 Å². The molecule has 0 radical (unpaired) electrons. The van der Waals surface area contributed by atoms with Gasteiger partial charge in [-0.15, -0.1) is 0 Å². The van der Waals surface area contributed by atoms with Crippen LogP contribution in [0.25, 0.3) is 0 Å². The van der Waals surface area contributed by atoms with Crippen molar-refractivity contribution in [2.75, 3.05) is 19.6 Å². The molecule has 0 aliphatic carbocycles. The van der Waals surface area contributed by atoms with Gasteiger partial charge in [-0.25, -0.2) is 0 Å². The summed E-state index contributed by atoms with van der Waals surface area (Å²) in [7, 11) is 0. The fraction of sp³-hybridized carbons (Fsp3) is 1.00. The fourth-order valence-corrected chi connectivity index (χ4v) is 1.57. The molecule has 0 saturated carbocycles. The molecular formula is C9H19NO2. The van der Waals surface area contributed by atoms with Gasteiger partial charge in [-0.1, -0.05) is 20.3 Å². The smallest absolute Gasteiger partial charge is 0.0938 e. The Morgan fingerprint density at radius 2 is 1.83 bits per heavy atom. The second kappa shape index (κ2) is 4.21. The largest absolute Gasteiger partial charge is 0.389 e. The number of hydrogen-bond acceptors (Lipinski definition) is 3. The van der Waals surface area contributed by atoms with Crippen molar-refractivity contribution in [3.63, 3.8) is 0 Å². The quantitative estimate of drug-likeness (QED) is 0.635. The van der Waals surface area contributed by atoms with Crippen molar-refractivity contribution in [3.8, 4) is 0 Å². The van der Waals surface area contributed by atoms with E-state index in [2.05, 4.69) is 18.7 Å². The van der Waals surface area contributed by atoms with Crippen LogP contribution in [0.4, 0.5) is 0 Å². The van der Waals surface area contributed by atoms with Crippen LogP contribution in [0.2, 0.25) is 0 Å². The summed E-state index contributed by atoms with van der Waals surface area (Å²) in [4.78, 5) is 2.13. The molecule has 0 spiro atoms. The lowest BCUT2D eigenvalue weighted by Gasteiger charge is -2.18. The Morgan fingerprint density at radius 3 is 2.25 bits per heavy atom. The van der Waals surface area contributed by atoms with Gasteiger partial charge < -0.3 is 10.2 Å². The molecule has 0 aromatic heterocycles. The first kappa shape index (κ1) is 9.96. The number of hydrogen-bond donors (Lipinski definition) is 2. The van der Waals surface area contributed by atoms with E-state index in [-0.39, 0.29) is 0 Å². The SMILES string of the molecule is CCC(C)CN1C[C@@H](O)[C@@H](O)C1. The molecule has 1 rings (SSSR count). The molecule has 0 amide bonds. The Balaban J connectivity index is 2.27. The molecule has 0 aromatic carbocycles. The highest BCUT2D eigenvalue weighted by molar-refractivity contribution is 4.83. The molecular weight excluding hydrogens is 154 g/mol. The zero-order valence-electron chi connectivity index (χ0n) is 7.90. The van der Waals surface area contributed by atoms with Crippen LogP contribution in [0.1, 0.15) is 20.3 Å². The van der Waals surface area contributed by atoms with Crippen molar-refractivity contribution in [2.45, 2.75) is 32.5 Å². The molecule has 1 saturated heterocycles. The van der Waals surface area contributed by atoms with Crippen LogP contribution < -0.4 is 0 Å². The van der Waals surface area contributed by atoms with Crippen molar-refractivity contribution in [3.05, 3.63) is 0 Å². The molecule has 1 unspecified atom stereocenters. The monoisotopic (exact) mass is 173 g/mol. The number of β-amino-alcohol motifs (C(OH)–C–C–N with tert-alkyl or cyclic N) is 2. The highest BCUT2D eigenvalue weighted by Gasteiger charge is 2.29. The Hall–Kier alpha value is -0.120. The highest BCUT2D eigenvalue weighted by atomic mass is 16.3. The molecule has 1 fully saturated rings. The molecule has 1 aliphatic heterocycles. The highest BCUT2D eigenvalue weighted by Crippen LogP contribution is 2.13. The minimum atomic E-state index is -0.533. The minimum absolute atomic E-state index is 0.533. The summed E-state index contributed by atoms with van der Waals surface area (Å²) in [5, 5.41) is 18.5. The predicted octanol–water partition coefficient (Wildman–Crippen LogP) is 0.0699. The van der Waals surface area contributed by atoms with Crippen LogP contribution in [0.15, 0.2) is 0 Å². The van der Waals surface area contributed by atoms with Crippen LogP contribution >= 0.6 is 0 Å². The third-order valence-corrected chi connectivity index (χ3v) is 2.60. The third-order valence-electron chi connectivity index (χ3n) is 2.60. The van der Waals surface area contributed by atoms with Gasteiger partial charge in [0.15, 0.2) is 0 Å². The average molecular weight is 173 g/mol. The molecule has 3 nitrogen and oxygen atoms in total. The summed E-state index contributed by atoms with van der Waals surface area (Å²) in [6.07, 6.45) is 0.0889. The average Bonchev–Trinajstić information content (AvgIpc) is 2.31. The van der Waals surface area contributed by atoms with Crippen molar-refractivity contribution in [2.24, 2.45) is 5.92 Å². The molecule has 3 heteroatoms. The zero-order chi connectivity index (χ0) is 9.14. The van der Waals surface area contributed by atoms with Crippen molar-refractivity contribution < 1.29 is 10.2 Å². The van der Waals surface area contributed by atoms with Gasteiger partial charge >= 0.3 is 0 Å². The van der Waals surface area contributed by atoms with E-state index in [4.69, 9.17) is 0 Å². The van der Waals surface area contributed by atoms with E-state index in [0.29, 0.717) is 19.0 Å². The maximum atomic E-state index is 9.26. The minimum Gasteiger partial charge on any atom is -0.389 e. The summed E-state index contributed by atoms with van der Waals surface area (Å²) >= 11 is 0. The normalized spacial score (nSPS) is 34.0. The van der Waals surface area contributed by atoms with Gasteiger partial charge in [-0.2, -0.15) is 0 Å². The van der Waals surface area contributed by atoms with Crippen LogP contribution in [-0.4, -0.2) is 47.0 Å². The molecule has 1 heterocycles. The third kappa shape index (κ3) is 2.44. The lowest BCUT2D eigenvalue weighted by Crippen LogP contribution is -2.27. The number of nitrogens with zero attached hydrogens (tertiary/aromatic N) is 1. The van der Waals surface area contributed by atoms with Gasteiger partial charge in [0, 0.05) is 19.6 Å². The van der Waals surface area contributed by atoms with E-state index in [9.17, 15) is 10.2 Å². The predicted molar refractivity (Wildman–Crippen MR) is 47.9 cm³/mol. The van der Waals surface area contributed by atoms with Gasteiger partial charge in [-0.3, -0.25) is 4.90 Å². The lowest BCUT2D eigenvalue weighted by molar-refractivity contribution is 0.0572. The zero-order valence-corrected chi connectivity index (χ0v) is 7.90. The molecule has 0 bridgehead atoms. The van der Waals surface area contributed by atoms with Crippen molar-refractivity contribution >= 4 is 0 Å². The van der Waals surface area contributed by atoms with Crippen LogP contribution in [0.3, 0.4) is 0 Å². The van der Waals surface area contributed by atoms with E-state index in [0.717, 1.165) is 13.0 Å². The number of rotatable bonds is 3. The molecule has 72 valence electrons. The Bertz CT molecular complexity index is 130. The number of likely N-dealkylation sites (tertiary alicyclic amines) is 1. The number of aliphatic hydroxyl groups excluding tert-OH is 2. The fourth-order valence-electron chi connectivity index (χ4n) is 1.57. The van der Waals surface area contributed by atoms with E-state index in [1.165, 1.54) is 0 Å². The summed E-state index contributed by atoms with van der Waals surface area (Å²) < 4.78 is 0. The second-order valence-electron chi connectivity index (χ2n) is 3.87. The molecule has 0 aromatic rings. The van der Waals surface area contributed by atoms with E-state index in [1.807, 2.05) is 0 Å². The maximum absolute atomic E-state index is 9.26. The summed E-state index contributed by atoms with van der Waals surface area (Å²) in [6, 6.07) is 0. The molecule has 1 aliphatic rings. The first-order valence-electron chi connectivity index (χ1n) is 4.72. The topological polar surface area (TPSA) is 43.7 Å². The lowest BCUT2D eigenvalue weighted by atomic mass is 10.1. The number of aliphatic hydroxyl groups is 2. The van der Waals surface area contributed by atoms with E-state index < -0.39 is 12.2 Å². The van der Waals surface area contributed by atoms with Crippen molar-refractivity contribution in [1.82, 2.24) is 4.90 Å². The van der Waals surface area contributed by atoms with Crippen LogP contribution in [0.5, 0.6) is 0 Å². The van der Waals surface area contributed by atoms with Gasteiger partial charge in [-0.05, 0) is 5.92 Å². The van der Waals surface area contributed by atoms with Gasteiger partial charge in [0.25, 0.3) is 0 Å². The summed E-state index contributed by atoms with van der Waals surface area (Å²) in [6.45, 7) is 6.60. The first-order chi connectivity index (χ1) is 5.63.